The molecule has 0 spiro atoms. The molecular formula is C27H18ClNO9S. The quantitative estimate of drug-likeness (QED) is 0.210. The topological polar surface area (TPSA) is 137 Å². The molecule has 0 aliphatic heterocycles. The standard InChI is InChI=1S/C27H18ClNO9S/c28-24-16-15-22(17-23(24)25(30)31)39(34,35)29(26(32)36-19-7-3-1-4-8-19)18-11-13-21(14-12-18)38-27(33)37-20-9-5-2-6-10-20/h1-17H,(H,30,31). The van der Waals surface area contributed by atoms with Gasteiger partial charge in [0.25, 0.3) is 10.0 Å². The Kier molecular flexibility index (Phi) is 8.13. The molecule has 12 heteroatoms. The summed E-state index contributed by atoms with van der Waals surface area (Å²) in [7, 11) is -4.72. The van der Waals surface area contributed by atoms with E-state index in [4.69, 9.17) is 25.8 Å². The second kappa shape index (κ2) is 11.7. The van der Waals surface area contributed by atoms with E-state index in [0.29, 0.717) is 4.31 Å². The van der Waals surface area contributed by atoms with Crippen LogP contribution in [-0.4, -0.2) is 31.7 Å². The summed E-state index contributed by atoms with van der Waals surface area (Å²) in [5.41, 5.74) is -0.665. The molecule has 0 unspecified atom stereocenters. The fraction of sp³-hybridized carbons (Fsp3) is 0. The van der Waals surface area contributed by atoms with Gasteiger partial charge in [0.1, 0.15) is 17.2 Å². The maximum Gasteiger partial charge on any atom is 0.519 e. The molecule has 4 aromatic rings. The molecule has 0 aromatic heterocycles. The molecule has 1 N–H and O–H groups in total. The SMILES string of the molecule is O=C(Oc1ccccc1)Oc1ccc(N(C(=O)Oc2ccccc2)S(=O)(=O)c2ccc(Cl)c(C(=O)O)c2)cc1. The number of aromatic carboxylic acids is 1. The number of para-hydroxylation sites is 2. The molecule has 0 saturated carbocycles. The normalized spacial score (nSPS) is 10.8. The molecule has 198 valence electrons. The Bertz CT molecular complexity index is 1610. The van der Waals surface area contributed by atoms with Gasteiger partial charge in [-0.3, -0.25) is 0 Å². The third-order valence-electron chi connectivity index (χ3n) is 5.04. The van der Waals surface area contributed by atoms with Crippen molar-refractivity contribution in [2.75, 3.05) is 4.31 Å². The predicted molar refractivity (Wildman–Crippen MR) is 140 cm³/mol. The minimum absolute atomic E-state index is 0.00638. The number of benzene rings is 4. The first-order valence-corrected chi connectivity index (χ1v) is 12.9. The number of sulfonamides is 1. The summed E-state index contributed by atoms with van der Waals surface area (Å²) in [4.78, 5) is 36.2. The zero-order chi connectivity index (χ0) is 28.0. The van der Waals surface area contributed by atoms with Crippen molar-refractivity contribution in [3.8, 4) is 17.2 Å². The second-order valence-electron chi connectivity index (χ2n) is 7.66. The van der Waals surface area contributed by atoms with Crippen LogP contribution in [0, 0.1) is 0 Å². The molecule has 0 aliphatic rings. The number of halogens is 1. The second-order valence-corrected chi connectivity index (χ2v) is 9.85. The van der Waals surface area contributed by atoms with Crippen LogP contribution in [0.5, 0.6) is 17.2 Å². The molecule has 0 fully saturated rings. The van der Waals surface area contributed by atoms with Crippen LogP contribution in [0.4, 0.5) is 15.3 Å². The number of ether oxygens (including phenoxy) is 3. The van der Waals surface area contributed by atoms with E-state index >= 15 is 0 Å². The molecule has 4 aromatic carbocycles. The van der Waals surface area contributed by atoms with Crippen molar-refractivity contribution in [3.05, 3.63) is 114 Å². The molecule has 0 aliphatic carbocycles. The monoisotopic (exact) mass is 567 g/mol. The fourth-order valence-electron chi connectivity index (χ4n) is 3.26. The first kappa shape index (κ1) is 27.2. The Morgan fingerprint density at radius 3 is 1.74 bits per heavy atom. The molecule has 0 saturated heterocycles. The van der Waals surface area contributed by atoms with Crippen molar-refractivity contribution in [2.24, 2.45) is 0 Å². The number of hydrogen-bond acceptors (Lipinski definition) is 8. The Labute approximate surface area is 227 Å². The van der Waals surface area contributed by atoms with Gasteiger partial charge in [-0.1, -0.05) is 48.0 Å². The highest BCUT2D eigenvalue weighted by molar-refractivity contribution is 7.93. The molecule has 0 bridgehead atoms. The molecule has 0 radical (unpaired) electrons. The molecule has 4 rings (SSSR count). The van der Waals surface area contributed by atoms with Gasteiger partial charge in [0.15, 0.2) is 0 Å². The highest BCUT2D eigenvalue weighted by atomic mass is 35.5. The molecule has 39 heavy (non-hydrogen) atoms. The van der Waals surface area contributed by atoms with Crippen LogP contribution in [0.1, 0.15) is 10.4 Å². The summed E-state index contributed by atoms with van der Waals surface area (Å²) in [6, 6.07) is 23.8. The number of amides is 1. The molecule has 1 amide bonds. The third-order valence-corrected chi connectivity index (χ3v) is 7.06. The van der Waals surface area contributed by atoms with Gasteiger partial charge in [-0.05, 0) is 66.7 Å². The Morgan fingerprint density at radius 1 is 0.692 bits per heavy atom. The Balaban J connectivity index is 1.66. The summed E-state index contributed by atoms with van der Waals surface area (Å²) >= 11 is 5.89. The van der Waals surface area contributed by atoms with Gasteiger partial charge in [-0.2, -0.15) is 4.31 Å². The van der Waals surface area contributed by atoms with Crippen molar-refractivity contribution in [3.63, 3.8) is 0 Å². The minimum atomic E-state index is -4.72. The van der Waals surface area contributed by atoms with Crippen LogP contribution < -0.4 is 18.5 Å². The third kappa shape index (κ3) is 6.53. The maximum atomic E-state index is 13.6. The lowest BCUT2D eigenvalue weighted by Crippen LogP contribution is -2.39. The van der Waals surface area contributed by atoms with E-state index in [2.05, 4.69) is 0 Å². The minimum Gasteiger partial charge on any atom is -0.478 e. The van der Waals surface area contributed by atoms with Gasteiger partial charge >= 0.3 is 18.2 Å². The van der Waals surface area contributed by atoms with Crippen molar-refractivity contribution in [1.82, 2.24) is 0 Å². The van der Waals surface area contributed by atoms with Crippen LogP contribution >= 0.6 is 11.6 Å². The van der Waals surface area contributed by atoms with Crippen LogP contribution in [-0.2, 0) is 10.0 Å². The molecular weight excluding hydrogens is 550 g/mol. The van der Waals surface area contributed by atoms with Crippen LogP contribution in [0.2, 0.25) is 5.02 Å². The zero-order valence-corrected chi connectivity index (χ0v) is 21.3. The van der Waals surface area contributed by atoms with E-state index in [1.165, 1.54) is 36.4 Å². The van der Waals surface area contributed by atoms with E-state index in [1.54, 1.807) is 48.5 Å². The fourth-order valence-corrected chi connectivity index (χ4v) is 4.81. The summed E-state index contributed by atoms with van der Waals surface area (Å²) in [5, 5.41) is 9.18. The van der Waals surface area contributed by atoms with Gasteiger partial charge in [-0.15, -0.1) is 0 Å². The van der Waals surface area contributed by atoms with Crippen LogP contribution in [0.3, 0.4) is 0 Å². The molecule has 10 nitrogen and oxygen atoms in total. The van der Waals surface area contributed by atoms with Gasteiger partial charge in [-0.25, -0.2) is 22.8 Å². The number of carbonyl (C=O) groups is 3. The molecule has 0 atom stereocenters. The number of carboxylic acid groups (broad SMARTS) is 1. The number of rotatable bonds is 7. The van der Waals surface area contributed by atoms with E-state index < -0.39 is 38.7 Å². The smallest absolute Gasteiger partial charge is 0.478 e. The average molecular weight is 568 g/mol. The Hall–Kier alpha value is -4.87. The summed E-state index contributed by atoms with van der Waals surface area (Å²) in [6.45, 7) is 0. The van der Waals surface area contributed by atoms with Crippen LogP contribution in [0.15, 0.2) is 108 Å². The number of nitrogens with zero attached hydrogens (tertiary/aromatic N) is 1. The largest absolute Gasteiger partial charge is 0.519 e. The summed E-state index contributed by atoms with van der Waals surface area (Å²) < 4.78 is 43.0. The summed E-state index contributed by atoms with van der Waals surface area (Å²) in [6.07, 6.45) is -2.34. The first-order valence-electron chi connectivity index (χ1n) is 11.0. The van der Waals surface area contributed by atoms with E-state index in [9.17, 15) is 27.9 Å². The van der Waals surface area contributed by atoms with Crippen molar-refractivity contribution in [1.29, 1.82) is 0 Å². The lowest BCUT2D eigenvalue weighted by molar-refractivity contribution is 0.0696. The molecule has 0 heterocycles. The van der Waals surface area contributed by atoms with Gasteiger partial charge in [0.2, 0.25) is 0 Å². The van der Waals surface area contributed by atoms with Gasteiger partial charge in [0, 0.05) is 0 Å². The first-order chi connectivity index (χ1) is 18.6. The Morgan fingerprint density at radius 2 is 1.21 bits per heavy atom. The number of carbonyl (C=O) groups excluding carboxylic acids is 2. The van der Waals surface area contributed by atoms with E-state index in [1.807, 2.05) is 0 Å². The lowest BCUT2D eigenvalue weighted by Gasteiger charge is -2.22. The van der Waals surface area contributed by atoms with Crippen molar-refractivity contribution in [2.45, 2.75) is 4.90 Å². The van der Waals surface area contributed by atoms with Crippen molar-refractivity contribution >= 4 is 45.5 Å². The maximum absolute atomic E-state index is 13.6. The van der Waals surface area contributed by atoms with Gasteiger partial charge in [0.05, 0.1) is 21.2 Å². The average Bonchev–Trinajstić information content (AvgIpc) is 2.90. The van der Waals surface area contributed by atoms with E-state index in [0.717, 1.165) is 18.2 Å². The highest BCUT2D eigenvalue weighted by Crippen LogP contribution is 2.30. The van der Waals surface area contributed by atoms with Gasteiger partial charge < -0.3 is 19.3 Å². The highest BCUT2D eigenvalue weighted by Gasteiger charge is 2.34. The number of carboxylic acids is 1. The van der Waals surface area contributed by atoms with E-state index in [-0.39, 0.29) is 28.0 Å². The van der Waals surface area contributed by atoms with Crippen molar-refractivity contribution < 1.29 is 42.1 Å². The zero-order valence-electron chi connectivity index (χ0n) is 19.8. The lowest BCUT2D eigenvalue weighted by atomic mass is 10.2. The predicted octanol–water partition coefficient (Wildman–Crippen LogP) is 6.01. The van der Waals surface area contributed by atoms with Crippen LogP contribution in [0.25, 0.3) is 0 Å². The number of anilines is 1. The number of hydrogen-bond donors (Lipinski definition) is 1. The summed E-state index contributed by atoms with van der Waals surface area (Å²) in [5.74, 6) is -1.15.